The summed E-state index contributed by atoms with van der Waals surface area (Å²) in [6.07, 6.45) is 0. The van der Waals surface area contributed by atoms with E-state index in [9.17, 15) is 13.9 Å². The maximum Gasteiger partial charge on any atom is 0.164 e. The maximum absolute atomic E-state index is 13.5. The molecule has 0 aromatic heterocycles. The first-order valence-corrected chi connectivity index (χ1v) is 5.35. The molecule has 0 bridgehead atoms. The number of benzene rings is 1. The fourth-order valence-electron chi connectivity index (χ4n) is 1.52. The number of aliphatic hydroxyl groups is 1. The minimum absolute atomic E-state index is 0.0533. The number of hydrogen-bond donors (Lipinski definition) is 2. The molecule has 1 atom stereocenters. The Morgan fingerprint density at radius 2 is 2.12 bits per heavy atom. The Bertz CT molecular complexity index is 370. The van der Waals surface area contributed by atoms with E-state index in [2.05, 4.69) is 5.32 Å². The number of halogens is 2. The van der Waals surface area contributed by atoms with Gasteiger partial charge < -0.3 is 15.2 Å². The minimum atomic E-state index is -1.46. The van der Waals surface area contributed by atoms with Crippen LogP contribution >= 0.6 is 0 Å². The molecule has 0 amide bonds. The zero-order chi connectivity index (χ0) is 12.9. The lowest BCUT2D eigenvalue weighted by Crippen LogP contribution is -2.37. The van der Waals surface area contributed by atoms with Crippen molar-refractivity contribution in [2.75, 3.05) is 26.8 Å². The van der Waals surface area contributed by atoms with Gasteiger partial charge in [0.2, 0.25) is 0 Å². The predicted molar refractivity (Wildman–Crippen MR) is 60.7 cm³/mol. The Morgan fingerprint density at radius 3 is 2.76 bits per heavy atom. The topological polar surface area (TPSA) is 41.5 Å². The smallest absolute Gasteiger partial charge is 0.164 e. The molecule has 17 heavy (non-hydrogen) atoms. The van der Waals surface area contributed by atoms with E-state index in [4.69, 9.17) is 4.74 Å². The molecule has 1 unspecified atom stereocenters. The van der Waals surface area contributed by atoms with Crippen molar-refractivity contribution in [3.8, 4) is 0 Å². The number of nitrogens with one attached hydrogen (secondary N) is 1. The number of methoxy groups -OCH3 is 1. The summed E-state index contributed by atoms with van der Waals surface area (Å²) in [6, 6.07) is 3.76. The molecule has 0 aliphatic rings. The average molecular weight is 245 g/mol. The number of ether oxygens (including phenoxy) is 1. The molecule has 5 heteroatoms. The molecule has 96 valence electrons. The van der Waals surface area contributed by atoms with Crippen LogP contribution in [0.5, 0.6) is 0 Å². The Labute approximate surface area is 99.4 Å². The van der Waals surface area contributed by atoms with Crippen molar-refractivity contribution in [1.29, 1.82) is 0 Å². The van der Waals surface area contributed by atoms with E-state index in [1.807, 2.05) is 0 Å². The normalized spacial score (nSPS) is 14.6. The van der Waals surface area contributed by atoms with Gasteiger partial charge >= 0.3 is 0 Å². The Kier molecular flexibility index (Phi) is 4.99. The molecule has 2 N–H and O–H groups in total. The molecule has 0 heterocycles. The molecule has 0 spiro atoms. The largest absolute Gasteiger partial charge is 0.384 e. The monoisotopic (exact) mass is 245 g/mol. The molecule has 1 rings (SSSR count). The quantitative estimate of drug-likeness (QED) is 0.745. The molecule has 0 saturated heterocycles. The lowest BCUT2D eigenvalue weighted by molar-refractivity contribution is 0.0506. The Hall–Kier alpha value is -1.04. The van der Waals surface area contributed by atoms with Crippen LogP contribution in [0, 0.1) is 11.6 Å². The van der Waals surface area contributed by atoms with Crippen molar-refractivity contribution in [2.45, 2.75) is 12.5 Å². The van der Waals surface area contributed by atoms with Crippen LogP contribution in [0.1, 0.15) is 12.5 Å². The van der Waals surface area contributed by atoms with E-state index in [1.165, 1.54) is 19.1 Å². The van der Waals surface area contributed by atoms with Crippen LogP contribution in [0.4, 0.5) is 8.78 Å². The van der Waals surface area contributed by atoms with Crippen LogP contribution in [-0.4, -0.2) is 31.9 Å². The average Bonchev–Trinajstić information content (AvgIpc) is 2.28. The van der Waals surface area contributed by atoms with Gasteiger partial charge in [0, 0.05) is 25.8 Å². The van der Waals surface area contributed by atoms with Crippen LogP contribution < -0.4 is 5.32 Å². The molecule has 0 aliphatic heterocycles. The zero-order valence-corrected chi connectivity index (χ0v) is 9.96. The van der Waals surface area contributed by atoms with Crippen molar-refractivity contribution in [3.63, 3.8) is 0 Å². The fraction of sp³-hybridized carbons (Fsp3) is 0.500. The second-order valence-electron chi connectivity index (χ2n) is 4.04. The van der Waals surface area contributed by atoms with Gasteiger partial charge in [-0.15, -0.1) is 0 Å². The van der Waals surface area contributed by atoms with Gasteiger partial charge in [-0.2, -0.15) is 0 Å². The van der Waals surface area contributed by atoms with E-state index < -0.39 is 17.2 Å². The van der Waals surface area contributed by atoms with Crippen molar-refractivity contribution >= 4 is 0 Å². The zero-order valence-electron chi connectivity index (χ0n) is 9.96. The Morgan fingerprint density at radius 1 is 1.41 bits per heavy atom. The predicted octanol–water partition coefficient (Wildman–Crippen LogP) is 1.41. The highest BCUT2D eigenvalue weighted by atomic mass is 19.2. The van der Waals surface area contributed by atoms with Crippen LogP contribution in [0.3, 0.4) is 0 Å². The summed E-state index contributed by atoms with van der Waals surface area (Å²) in [5.74, 6) is -1.97. The van der Waals surface area contributed by atoms with Gasteiger partial charge in [0.05, 0.1) is 6.61 Å². The SMILES string of the molecule is COCCNCC(C)(O)c1cccc(F)c1F. The van der Waals surface area contributed by atoms with Gasteiger partial charge in [-0.1, -0.05) is 12.1 Å². The molecule has 0 fully saturated rings. The van der Waals surface area contributed by atoms with E-state index in [1.54, 1.807) is 7.11 Å². The number of rotatable bonds is 6. The molecule has 3 nitrogen and oxygen atoms in total. The third-order valence-corrected chi connectivity index (χ3v) is 2.48. The van der Waals surface area contributed by atoms with Crippen molar-refractivity contribution in [3.05, 3.63) is 35.4 Å². The van der Waals surface area contributed by atoms with Crippen molar-refractivity contribution in [1.82, 2.24) is 5.32 Å². The summed E-state index contributed by atoms with van der Waals surface area (Å²) in [6.45, 7) is 2.58. The summed E-state index contributed by atoms with van der Waals surface area (Å²) in [4.78, 5) is 0. The summed E-state index contributed by atoms with van der Waals surface area (Å²) in [5, 5.41) is 13.0. The van der Waals surface area contributed by atoms with Crippen LogP contribution in [-0.2, 0) is 10.3 Å². The van der Waals surface area contributed by atoms with Gasteiger partial charge in [-0.3, -0.25) is 0 Å². The van der Waals surface area contributed by atoms with Gasteiger partial charge in [-0.05, 0) is 13.0 Å². The second kappa shape index (κ2) is 6.05. The molecule has 0 saturated carbocycles. The molecular weight excluding hydrogens is 228 g/mol. The number of hydrogen-bond acceptors (Lipinski definition) is 3. The summed E-state index contributed by atoms with van der Waals surface area (Å²) < 4.78 is 31.3. The van der Waals surface area contributed by atoms with E-state index in [0.29, 0.717) is 13.2 Å². The third-order valence-electron chi connectivity index (χ3n) is 2.48. The minimum Gasteiger partial charge on any atom is -0.384 e. The van der Waals surface area contributed by atoms with E-state index in [-0.39, 0.29) is 12.1 Å². The second-order valence-corrected chi connectivity index (χ2v) is 4.04. The van der Waals surface area contributed by atoms with Gasteiger partial charge in [0.15, 0.2) is 11.6 Å². The molecular formula is C12H17F2NO2. The van der Waals surface area contributed by atoms with Crippen molar-refractivity contribution < 1.29 is 18.6 Å². The first-order valence-electron chi connectivity index (χ1n) is 5.35. The lowest BCUT2D eigenvalue weighted by atomic mass is 9.95. The Balaban J connectivity index is 2.71. The lowest BCUT2D eigenvalue weighted by Gasteiger charge is -2.24. The highest BCUT2D eigenvalue weighted by Crippen LogP contribution is 2.24. The fourth-order valence-corrected chi connectivity index (χ4v) is 1.52. The molecule has 1 aromatic rings. The highest BCUT2D eigenvalue weighted by molar-refractivity contribution is 5.25. The first kappa shape index (κ1) is 14.0. The van der Waals surface area contributed by atoms with Crippen LogP contribution in [0.15, 0.2) is 18.2 Å². The van der Waals surface area contributed by atoms with Gasteiger partial charge in [0.25, 0.3) is 0 Å². The summed E-state index contributed by atoms with van der Waals surface area (Å²) >= 11 is 0. The van der Waals surface area contributed by atoms with E-state index in [0.717, 1.165) is 6.07 Å². The standard InChI is InChI=1S/C12H17F2NO2/c1-12(16,8-15-6-7-17-2)9-4-3-5-10(13)11(9)14/h3-5,15-16H,6-8H2,1-2H3. The first-order chi connectivity index (χ1) is 7.99. The van der Waals surface area contributed by atoms with E-state index >= 15 is 0 Å². The van der Waals surface area contributed by atoms with Crippen molar-refractivity contribution in [2.24, 2.45) is 0 Å². The molecule has 0 aliphatic carbocycles. The molecule has 0 radical (unpaired) electrons. The maximum atomic E-state index is 13.5. The molecule has 1 aromatic carbocycles. The van der Waals surface area contributed by atoms with Crippen LogP contribution in [0.25, 0.3) is 0 Å². The van der Waals surface area contributed by atoms with Gasteiger partial charge in [-0.25, -0.2) is 8.78 Å². The van der Waals surface area contributed by atoms with Crippen LogP contribution in [0.2, 0.25) is 0 Å². The third kappa shape index (κ3) is 3.73. The summed E-state index contributed by atoms with van der Waals surface area (Å²) in [5.41, 5.74) is -1.51. The highest BCUT2D eigenvalue weighted by Gasteiger charge is 2.27. The summed E-state index contributed by atoms with van der Waals surface area (Å²) in [7, 11) is 1.56. The van der Waals surface area contributed by atoms with Gasteiger partial charge in [0.1, 0.15) is 5.60 Å².